The second-order valence-electron chi connectivity index (χ2n) is 5.38. The first kappa shape index (κ1) is 11.7. The summed E-state index contributed by atoms with van der Waals surface area (Å²) in [5.74, 6) is 0. The van der Waals surface area contributed by atoms with Gasteiger partial charge in [0.2, 0.25) is 0 Å². The zero-order valence-electron chi connectivity index (χ0n) is 11.0. The highest BCUT2D eigenvalue weighted by atomic mass is 15.1. The summed E-state index contributed by atoms with van der Waals surface area (Å²) in [4.78, 5) is 4.45. The molecule has 96 valence electrons. The van der Waals surface area contributed by atoms with Crippen molar-refractivity contribution in [1.82, 2.24) is 14.9 Å². The van der Waals surface area contributed by atoms with Gasteiger partial charge in [0.1, 0.15) is 0 Å². The summed E-state index contributed by atoms with van der Waals surface area (Å²) in [7, 11) is 0. The van der Waals surface area contributed by atoms with Gasteiger partial charge in [-0.05, 0) is 31.9 Å². The molecule has 0 aliphatic heterocycles. The quantitative estimate of drug-likeness (QED) is 0.894. The summed E-state index contributed by atoms with van der Waals surface area (Å²) in [6.07, 6.45) is 7.43. The second-order valence-corrected chi connectivity index (χ2v) is 5.38. The van der Waals surface area contributed by atoms with E-state index in [9.17, 15) is 0 Å². The van der Waals surface area contributed by atoms with E-state index in [1.165, 1.54) is 31.2 Å². The topological polar surface area (TPSA) is 29.9 Å². The molecule has 2 aromatic rings. The molecule has 1 fully saturated rings. The van der Waals surface area contributed by atoms with Crippen LogP contribution in [-0.4, -0.2) is 22.1 Å². The number of para-hydroxylation sites is 2. The van der Waals surface area contributed by atoms with Crippen molar-refractivity contribution in [3.05, 3.63) is 30.6 Å². The first-order chi connectivity index (χ1) is 8.84. The molecule has 3 nitrogen and oxygen atoms in total. The van der Waals surface area contributed by atoms with Crippen LogP contribution in [0.1, 0.15) is 38.6 Å². The van der Waals surface area contributed by atoms with Gasteiger partial charge in [-0.1, -0.05) is 25.0 Å². The molecule has 1 heterocycles. The molecule has 1 aliphatic carbocycles. The highest BCUT2D eigenvalue weighted by Gasteiger charge is 2.16. The van der Waals surface area contributed by atoms with Crippen LogP contribution < -0.4 is 5.32 Å². The molecule has 0 saturated heterocycles. The summed E-state index contributed by atoms with van der Waals surface area (Å²) >= 11 is 0. The van der Waals surface area contributed by atoms with Crippen molar-refractivity contribution in [3.8, 4) is 0 Å². The second kappa shape index (κ2) is 5.11. The molecular formula is C15H21N3. The molecule has 1 aromatic heterocycles. The van der Waals surface area contributed by atoms with Crippen LogP contribution in [0.4, 0.5) is 0 Å². The van der Waals surface area contributed by atoms with Gasteiger partial charge in [-0.15, -0.1) is 0 Å². The molecular weight excluding hydrogens is 222 g/mol. The maximum absolute atomic E-state index is 4.45. The molecule has 0 spiro atoms. The van der Waals surface area contributed by atoms with E-state index in [-0.39, 0.29) is 0 Å². The van der Waals surface area contributed by atoms with Gasteiger partial charge in [-0.2, -0.15) is 0 Å². The third kappa shape index (κ3) is 2.27. The lowest BCUT2D eigenvalue weighted by Crippen LogP contribution is -2.31. The number of aromatic nitrogens is 2. The lowest BCUT2D eigenvalue weighted by atomic mass is 10.2. The van der Waals surface area contributed by atoms with E-state index < -0.39 is 0 Å². The van der Waals surface area contributed by atoms with Gasteiger partial charge >= 0.3 is 0 Å². The molecule has 0 radical (unpaired) electrons. The first-order valence-corrected chi connectivity index (χ1v) is 6.99. The van der Waals surface area contributed by atoms with Crippen molar-refractivity contribution in [1.29, 1.82) is 0 Å². The van der Waals surface area contributed by atoms with E-state index >= 15 is 0 Å². The van der Waals surface area contributed by atoms with Gasteiger partial charge in [0.25, 0.3) is 0 Å². The fraction of sp³-hybridized carbons (Fsp3) is 0.533. The van der Waals surface area contributed by atoms with Crippen molar-refractivity contribution in [2.24, 2.45) is 0 Å². The summed E-state index contributed by atoms with van der Waals surface area (Å²) in [6, 6.07) is 9.54. The number of nitrogens with one attached hydrogen (secondary N) is 1. The van der Waals surface area contributed by atoms with Crippen molar-refractivity contribution >= 4 is 11.0 Å². The molecule has 1 N–H and O–H groups in total. The van der Waals surface area contributed by atoms with Crippen LogP contribution in [0, 0.1) is 0 Å². The van der Waals surface area contributed by atoms with Crippen LogP contribution in [0.25, 0.3) is 11.0 Å². The SMILES string of the molecule is CC(CNC1CCCC1)n1cnc2ccccc21. The Morgan fingerprint density at radius 2 is 2.11 bits per heavy atom. The monoisotopic (exact) mass is 243 g/mol. The van der Waals surface area contributed by atoms with Gasteiger partial charge in [0.05, 0.1) is 17.4 Å². The number of nitrogens with zero attached hydrogens (tertiary/aromatic N) is 2. The molecule has 3 rings (SSSR count). The molecule has 18 heavy (non-hydrogen) atoms. The smallest absolute Gasteiger partial charge is 0.0961 e. The van der Waals surface area contributed by atoms with E-state index in [1.54, 1.807) is 0 Å². The summed E-state index contributed by atoms with van der Waals surface area (Å²) < 4.78 is 2.28. The predicted octanol–water partition coefficient (Wildman–Crippen LogP) is 3.13. The normalized spacial score (nSPS) is 18.5. The lowest BCUT2D eigenvalue weighted by molar-refractivity contribution is 0.445. The van der Waals surface area contributed by atoms with Crippen molar-refractivity contribution in [2.45, 2.75) is 44.7 Å². The minimum absolute atomic E-state index is 0.456. The average Bonchev–Trinajstić information content (AvgIpc) is 3.05. The molecule has 1 atom stereocenters. The molecule has 3 heteroatoms. The molecule has 0 bridgehead atoms. The maximum atomic E-state index is 4.45. The van der Waals surface area contributed by atoms with Gasteiger partial charge in [-0.25, -0.2) is 4.98 Å². The van der Waals surface area contributed by atoms with E-state index in [4.69, 9.17) is 0 Å². The van der Waals surface area contributed by atoms with Crippen LogP contribution >= 0.6 is 0 Å². The standard InChI is InChI=1S/C15H21N3/c1-12(10-16-13-6-2-3-7-13)18-11-17-14-8-4-5-9-15(14)18/h4-5,8-9,11-13,16H,2-3,6-7,10H2,1H3. The highest BCUT2D eigenvalue weighted by Crippen LogP contribution is 2.20. The van der Waals surface area contributed by atoms with E-state index in [0.29, 0.717) is 6.04 Å². The third-order valence-corrected chi connectivity index (χ3v) is 4.01. The molecule has 1 saturated carbocycles. The van der Waals surface area contributed by atoms with Gasteiger partial charge in [0, 0.05) is 18.6 Å². The largest absolute Gasteiger partial charge is 0.326 e. The summed E-state index contributed by atoms with van der Waals surface area (Å²) in [5.41, 5.74) is 2.32. The number of imidazole rings is 1. The predicted molar refractivity (Wildman–Crippen MR) is 74.7 cm³/mol. The number of benzene rings is 1. The van der Waals surface area contributed by atoms with Crippen LogP contribution in [-0.2, 0) is 0 Å². The van der Waals surface area contributed by atoms with Gasteiger partial charge in [0.15, 0.2) is 0 Å². The van der Waals surface area contributed by atoms with Crippen molar-refractivity contribution in [3.63, 3.8) is 0 Å². The van der Waals surface area contributed by atoms with Crippen LogP contribution in [0.15, 0.2) is 30.6 Å². The lowest BCUT2D eigenvalue weighted by Gasteiger charge is -2.18. The van der Waals surface area contributed by atoms with Crippen molar-refractivity contribution in [2.75, 3.05) is 6.54 Å². The van der Waals surface area contributed by atoms with Gasteiger partial charge < -0.3 is 9.88 Å². The zero-order chi connectivity index (χ0) is 12.4. The van der Waals surface area contributed by atoms with E-state index in [0.717, 1.165) is 18.1 Å². The van der Waals surface area contributed by atoms with Crippen LogP contribution in [0.3, 0.4) is 0 Å². The average molecular weight is 243 g/mol. The molecule has 0 amide bonds. The third-order valence-electron chi connectivity index (χ3n) is 4.01. The van der Waals surface area contributed by atoms with Crippen LogP contribution in [0.2, 0.25) is 0 Å². The Hall–Kier alpha value is -1.35. The summed E-state index contributed by atoms with van der Waals surface area (Å²) in [6.45, 7) is 3.29. The maximum Gasteiger partial charge on any atom is 0.0961 e. The Labute approximate surface area is 108 Å². The first-order valence-electron chi connectivity index (χ1n) is 6.99. The fourth-order valence-electron chi connectivity index (χ4n) is 2.90. The number of hydrogen-bond acceptors (Lipinski definition) is 2. The highest BCUT2D eigenvalue weighted by molar-refractivity contribution is 5.75. The Morgan fingerprint density at radius 3 is 2.94 bits per heavy atom. The summed E-state index contributed by atoms with van der Waals surface area (Å²) in [5, 5.41) is 3.69. The molecule has 1 aliphatic rings. The van der Waals surface area contributed by atoms with Crippen LogP contribution in [0.5, 0.6) is 0 Å². The Bertz CT molecular complexity index is 511. The Kier molecular flexibility index (Phi) is 3.33. The van der Waals surface area contributed by atoms with Crippen molar-refractivity contribution < 1.29 is 0 Å². The number of rotatable bonds is 4. The van der Waals surface area contributed by atoms with Gasteiger partial charge in [-0.3, -0.25) is 0 Å². The minimum Gasteiger partial charge on any atom is -0.326 e. The Balaban J connectivity index is 1.69. The van der Waals surface area contributed by atoms with E-state index in [2.05, 4.69) is 40.0 Å². The molecule has 1 unspecified atom stereocenters. The number of fused-ring (bicyclic) bond motifs is 1. The minimum atomic E-state index is 0.456. The number of hydrogen-bond donors (Lipinski definition) is 1. The molecule has 1 aromatic carbocycles. The Morgan fingerprint density at radius 1 is 1.33 bits per heavy atom. The van der Waals surface area contributed by atoms with E-state index in [1.807, 2.05) is 12.4 Å². The fourth-order valence-corrected chi connectivity index (χ4v) is 2.90. The zero-order valence-corrected chi connectivity index (χ0v) is 11.0.